The van der Waals surface area contributed by atoms with Gasteiger partial charge in [-0.2, -0.15) is 0 Å². The Kier molecular flexibility index (Phi) is 8.15. The van der Waals surface area contributed by atoms with Crippen molar-refractivity contribution < 1.29 is 0 Å². The average Bonchev–Trinajstić information content (AvgIpc) is 3.87. The van der Waals surface area contributed by atoms with Crippen LogP contribution >= 0.6 is 0 Å². The van der Waals surface area contributed by atoms with E-state index in [1.165, 1.54) is 37.8 Å². The lowest BCUT2D eigenvalue weighted by molar-refractivity contribution is 1.08. The Morgan fingerprint density at radius 3 is 1.59 bits per heavy atom. The summed E-state index contributed by atoms with van der Waals surface area (Å²) in [5.74, 6) is 1.84. The molecule has 5 heteroatoms. The first-order valence-electron chi connectivity index (χ1n) is 21.7. The Morgan fingerprint density at radius 2 is 0.797 bits per heavy atom. The summed E-state index contributed by atoms with van der Waals surface area (Å²) in [6.07, 6.45) is 0. The van der Waals surface area contributed by atoms with Crippen LogP contribution < -0.4 is 0 Å². The van der Waals surface area contributed by atoms with E-state index in [4.69, 9.17) is 15.0 Å². The van der Waals surface area contributed by atoms with Gasteiger partial charge in [-0.1, -0.05) is 170 Å². The smallest absolute Gasteiger partial charge is 0.164 e. The molecule has 10 aromatic carbocycles. The molecule has 0 unspecified atom stereocenters. The zero-order valence-electron chi connectivity index (χ0n) is 34.6. The minimum atomic E-state index is 0.610. The van der Waals surface area contributed by atoms with E-state index < -0.39 is 0 Å². The van der Waals surface area contributed by atoms with Crippen LogP contribution in [0.3, 0.4) is 0 Å². The summed E-state index contributed by atoms with van der Waals surface area (Å²) in [5.41, 5.74) is 11.8. The van der Waals surface area contributed by atoms with Crippen molar-refractivity contribution in [3.05, 3.63) is 224 Å². The van der Waals surface area contributed by atoms with Gasteiger partial charge in [0.1, 0.15) is 0 Å². The zero-order valence-corrected chi connectivity index (χ0v) is 34.6. The molecule has 3 aromatic heterocycles. The average molecular weight is 816 g/mol. The highest BCUT2D eigenvalue weighted by molar-refractivity contribution is 6.15. The molecule has 0 spiro atoms. The lowest BCUT2D eigenvalue weighted by Crippen LogP contribution is -2.02. The number of rotatable bonds is 6. The predicted octanol–water partition coefficient (Wildman–Crippen LogP) is 15.0. The molecule has 298 valence electrons. The van der Waals surface area contributed by atoms with Gasteiger partial charge in [0.2, 0.25) is 0 Å². The molecule has 0 fully saturated rings. The highest BCUT2D eigenvalue weighted by Crippen LogP contribution is 2.40. The second-order valence-corrected chi connectivity index (χ2v) is 16.4. The summed E-state index contributed by atoms with van der Waals surface area (Å²) in [6, 6.07) is 79.8. The summed E-state index contributed by atoms with van der Waals surface area (Å²) >= 11 is 0. The third kappa shape index (κ3) is 5.75. The summed E-state index contributed by atoms with van der Waals surface area (Å²) in [5, 5.41) is 9.45. The number of hydrogen-bond acceptors (Lipinski definition) is 3. The van der Waals surface area contributed by atoms with Crippen molar-refractivity contribution in [2.75, 3.05) is 0 Å². The first-order valence-corrected chi connectivity index (χ1v) is 21.7. The molecule has 0 aliphatic rings. The molecule has 0 atom stereocenters. The van der Waals surface area contributed by atoms with Crippen molar-refractivity contribution in [2.24, 2.45) is 0 Å². The van der Waals surface area contributed by atoms with Crippen molar-refractivity contribution in [2.45, 2.75) is 0 Å². The minimum Gasteiger partial charge on any atom is -0.309 e. The van der Waals surface area contributed by atoms with Gasteiger partial charge in [0.15, 0.2) is 17.5 Å². The standard InChI is InChI=1S/C59H37N5/c1-3-16-38(17-4-1)39-20-13-21-42(34-39)57-60-58(43-32-33-49-47-24-9-11-29-52(47)63(55(49)37-43)44-22-5-2-6-23-44)62-59(61-57)50-28-14-27-46-45(50)26-15-31-54(46)64-53-30-12-10-25-48(53)51-35-40-18-7-8-19-41(40)36-56(51)64/h1-37H. The van der Waals surface area contributed by atoms with Gasteiger partial charge in [0.05, 0.1) is 27.8 Å². The normalized spacial score (nSPS) is 11.8. The monoisotopic (exact) mass is 815 g/mol. The molecule has 0 bridgehead atoms. The molecule has 0 N–H and O–H groups in total. The Balaban J connectivity index is 1.05. The quantitative estimate of drug-likeness (QED) is 0.168. The summed E-state index contributed by atoms with van der Waals surface area (Å²) in [6.45, 7) is 0. The molecule has 0 aliphatic carbocycles. The topological polar surface area (TPSA) is 48.5 Å². The Hall–Kier alpha value is -8.67. The Morgan fingerprint density at radius 1 is 0.266 bits per heavy atom. The largest absolute Gasteiger partial charge is 0.309 e. The number of aromatic nitrogens is 5. The van der Waals surface area contributed by atoms with Gasteiger partial charge < -0.3 is 9.13 Å². The lowest BCUT2D eigenvalue weighted by Gasteiger charge is -2.15. The number of nitrogens with zero attached hydrogens (tertiary/aromatic N) is 5. The molecule has 0 radical (unpaired) electrons. The van der Waals surface area contributed by atoms with Crippen LogP contribution in [0.25, 0.3) is 122 Å². The third-order valence-electron chi connectivity index (χ3n) is 12.7. The SMILES string of the molecule is c1ccc(-c2cccc(-c3nc(-c4ccc5c6ccccc6n(-c6ccccc6)c5c4)nc(-c4cccc5c(-n6c7ccccc7c7cc8ccccc8cc76)cccc45)n3)c2)cc1. The lowest BCUT2D eigenvalue weighted by atomic mass is 10.0. The first-order chi connectivity index (χ1) is 31.7. The fourth-order valence-electron chi connectivity index (χ4n) is 9.79. The molecule has 0 saturated carbocycles. The Bertz CT molecular complexity index is 3960. The van der Waals surface area contributed by atoms with E-state index in [0.717, 1.165) is 66.5 Å². The van der Waals surface area contributed by atoms with Gasteiger partial charge in [-0.05, 0) is 81.9 Å². The highest BCUT2D eigenvalue weighted by atomic mass is 15.0. The number of hydrogen-bond donors (Lipinski definition) is 0. The molecular weight excluding hydrogens is 779 g/mol. The third-order valence-corrected chi connectivity index (χ3v) is 12.7. The van der Waals surface area contributed by atoms with Gasteiger partial charge in [-0.3, -0.25) is 0 Å². The van der Waals surface area contributed by atoms with E-state index in [1.54, 1.807) is 0 Å². The second-order valence-electron chi connectivity index (χ2n) is 16.4. The van der Waals surface area contributed by atoms with Crippen LogP contribution in [-0.2, 0) is 0 Å². The molecule has 3 heterocycles. The maximum atomic E-state index is 5.38. The highest BCUT2D eigenvalue weighted by Gasteiger charge is 2.20. The van der Waals surface area contributed by atoms with Gasteiger partial charge in [-0.25, -0.2) is 15.0 Å². The van der Waals surface area contributed by atoms with Gasteiger partial charge in [0, 0.05) is 49.3 Å². The van der Waals surface area contributed by atoms with Crippen LogP contribution in [0.2, 0.25) is 0 Å². The van der Waals surface area contributed by atoms with Crippen LogP contribution in [0.5, 0.6) is 0 Å². The summed E-state index contributed by atoms with van der Waals surface area (Å²) in [7, 11) is 0. The second kappa shape index (κ2) is 14.5. The number of fused-ring (bicyclic) bond motifs is 8. The van der Waals surface area contributed by atoms with Crippen molar-refractivity contribution in [1.29, 1.82) is 0 Å². The zero-order chi connectivity index (χ0) is 42.1. The van der Waals surface area contributed by atoms with Gasteiger partial charge in [-0.15, -0.1) is 0 Å². The van der Waals surface area contributed by atoms with E-state index in [9.17, 15) is 0 Å². The molecule has 64 heavy (non-hydrogen) atoms. The van der Waals surface area contributed by atoms with Gasteiger partial charge in [0.25, 0.3) is 0 Å². The fraction of sp³-hybridized carbons (Fsp3) is 0. The minimum absolute atomic E-state index is 0.610. The maximum Gasteiger partial charge on any atom is 0.164 e. The van der Waals surface area contributed by atoms with E-state index in [2.05, 4.69) is 228 Å². The van der Waals surface area contributed by atoms with Crippen molar-refractivity contribution in [1.82, 2.24) is 24.1 Å². The van der Waals surface area contributed by atoms with E-state index >= 15 is 0 Å². The molecule has 0 amide bonds. The maximum absolute atomic E-state index is 5.38. The molecular formula is C59H37N5. The summed E-state index contributed by atoms with van der Waals surface area (Å²) < 4.78 is 4.76. The Labute approximate surface area is 368 Å². The molecule has 13 rings (SSSR count). The molecule has 13 aromatic rings. The molecule has 0 saturated heterocycles. The molecule has 5 nitrogen and oxygen atoms in total. The summed E-state index contributed by atoms with van der Waals surface area (Å²) in [4.78, 5) is 16.0. The van der Waals surface area contributed by atoms with Crippen LogP contribution in [0, 0.1) is 0 Å². The van der Waals surface area contributed by atoms with E-state index in [0.29, 0.717) is 17.5 Å². The van der Waals surface area contributed by atoms with Crippen molar-refractivity contribution >= 4 is 65.2 Å². The van der Waals surface area contributed by atoms with Crippen LogP contribution in [0.1, 0.15) is 0 Å². The number of benzene rings is 10. The predicted molar refractivity (Wildman–Crippen MR) is 265 cm³/mol. The van der Waals surface area contributed by atoms with Crippen molar-refractivity contribution in [3.8, 4) is 56.7 Å². The van der Waals surface area contributed by atoms with E-state index in [1.807, 2.05) is 6.07 Å². The fourth-order valence-corrected chi connectivity index (χ4v) is 9.79. The van der Waals surface area contributed by atoms with E-state index in [-0.39, 0.29) is 0 Å². The molecule has 0 aliphatic heterocycles. The first kappa shape index (κ1) is 36.0. The van der Waals surface area contributed by atoms with Crippen LogP contribution in [0.15, 0.2) is 224 Å². The van der Waals surface area contributed by atoms with Gasteiger partial charge >= 0.3 is 0 Å². The number of para-hydroxylation sites is 3. The van der Waals surface area contributed by atoms with Crippen LogP contribution in [-0.4, -0.2) is 24.1 Å². The van der Waals surface area contributed by atoms with Crippen LogP contribution in [0.4, 0.5) is 0 Å². The van der Waals surface area contributed by atoms with Crippen molar-refractivity contribution in [3.63, 3.8) is 0 Å².